The highest BCUT2D eigenvalue weighted by atomic mass is 16.7. The molecule has 3 aliphatic heterocycles. The maximum atomic E-state index is 13.2. The summed E-state index contributed by atoms with van der Waals surface area (Å²) in [6.45, 7) is 0.332. The van der Waals surface area contributed by atoms with Gasteiger partial charge in [0.05, 0.1) is 26.4 Å². The van der Waals surface area contributed by atoms with E-state index in [1.54, 1.807) is 24.3 Å². The normalized spacial score (nSPS) is 22.7. The van der Waals surface area contributed by atoms with Crippen LogP contribution in [0.2, 0.25) is 0 Å². The second kappa shape index (κ2) is 9.73. The number of hydrogen-bond acceptors (Lipinski definition) is 12. The molecule has 12 heteroatoms. The van der Waals surface area contributed by atoms with Crippen LogP contribution in [0.5, 0.6) is 28.7 Å². The molecule has 0 unspecified atom stereocenters. The molecule has 3 aromatic carbocycles. The van der Waals surface area contributed by atoms with Crippen molar-refractivity contribution < 1.29 is 57.7 Å². The molecular formula is C28H26O12. The Balaban J connectivity index is 1.53. The van der Waals surface area contributed by atoms with Crippen molar-refractivity contribution in [2.45, 2.75) is 31.5 Å². The minimum Gasteiger partial charge on any atom is -0.493 e. The van der Waals surface area contributed by atoms with E-state index in [0.717, 1.165) is 0 Å². The molecule has 0 saturated carbocycles. The van der Waals surface area contributed by atoms with Crippen molar-refractivity contribution in [1.29, 1.82) is 0 Å². The number of fused-ring (bicyclic) bond motifs is 3. The fraction of sp³-hybridized carbons (Fsp3) is 0.357. The summed E-state index contributed by atoms with van der Waals surface area (Å²) in [7, 11) is 2.98. The lowest BCUT2D eigenvalue weighted by atomic mass is 9.89. The third kappa shape index (κ3) is 4.12. The van der Waals surface area contributed by atoms with Crippen LogP contribution < -0.4 is 23.7 Å². The highest BCUT2D eigenvalue weighted by Crippen LogP contribution is 2.49. The lowest BCUT2D eigenvalue weighted by Crippen LogP contribution is -2.49. The molecule has 0 aliphatic carbocycles. The summed E-state index contributed by atoms with van der Waals surface area (Å²) >= 11 is 0. The molecule has 1 saturated heterocycles. The van der Waals surface area contributed by atoms with E-state index in [2.05, 4.69) is 0 Å². The Labute approximate surface area is 227 Å². The SMILES string of the molecule is COc1cc2c(O[C@@H]3OC[C@@](O)(COC(C)=O)[C@H]3O)c3c(c(-c4ccc5c(c4)OCO5)c2cc1OC)C(=O)OC3. The molecule has 0 radical (unpaired) electrons. The Morgan fingerprint density at radius 3 is 2.48 bits per heavy atom. The van der Waals surface area contributed by atoms with E-state index in [1.165, 1.54) is 21.1 Å². The van der Waals surface area contributed by atoms with Crippen molar-refractivity contribution in [2.75, 3.05) is 34.2 Å². The number of ether oxygens (including phenoxy) is 8. The van der Waals surface area contributed by atoms with Gasteiger partial charge in [0.1, 0.15) is 19.0 Å². The zero-order valence-corrected chi connectivity index (χ0v) is 21.8. The van der Waals surface area contributed by atoms with E-state index < -0.39 is 36.5 Å². The zero-order valence-electron chi connectivity index (χ0n) is 21.8. The number of carbonyl (C=O) groups excluding carboxylic acids is 2. The van der Waals surface area contributed by atoms with Crippen LogP contribution in [0.15, 0.2) is 30.3 Å². The number of methoxy groups -OCH3 is 2. The van der Waals surface area contributed by atoms with Gasteiger partial charge in [-0.15, -0.1) is 0 Å². The van der Waals surface area contributed by atoms with E-state index in [-0.39, 0.29) is 31.3 Å². The Morgan fingerprint density at radius 2 is 1.75 bits per heavy atom. The average molecular weight is 555 g/mol. The molecule has 0 aromatic heterocycles. The molecule has 0 bridgehead atoms. The predicted octanol–water partition coefficient (Wildman–Crippen LogP) is 2.31. The first kappa shape index (κ1) is 26.0. The van der Waals surface area contributed by atoms with Gasteiger partial charge in [0.2, 0.25) is 13.1 Å². The van der Waals surface area contributed by atoms with Gasteiger partial charge in [-0.05, 0) is 35.2 Å². The van der Waals surface area contributed by atoms with Crippen LogP contribution in [-0.4, -0.2) is 74.4 Å². The third-order valence-corrected chi connectivity index (χ3v) is 7.14. The first-order valence-electron chi connectivity index (χ1n) is 12.4. The highest BCUT2D eigenvalue weighted by molar-refractivity contribution is 6.14. The van der Waals surface area contributed by atoms with Crippen LogP contribution in [0.25, 0.3) is 21.9 Å². The number of carbonyl (C=O) groups is 2. The van der Waals surface area contributed by atoms with E-state index in [0.29, 0.717) is 50.5 Å². The molecule has 210 valence electrons. The second-order valence-corrected chi connectivity index (χ2v) is 9.58. The lowest BCUT2D eigenvalue weighted by molar-refractivity contribution is -0.156. The number of rotatable bonds is 7. The van der Waals surface area contributed by atoms with Crippen LogP contribution in [0.3, 0.4) is 0 Å². The molecule has 3 aromatic rings. The van der Waals surface area contributed by atoms with Gasteiger partial charge in [-0.1, -0.05) is 6.07 Å². The van der Waals surface area contributed by atoms with Crippen molar-refractivity contribution in [2.24, 2.45) is 0 Å². The topological polar surface area (TPSA) is 148 Å². The molecule has 1 fully saturated rings. The van der Waals surface area contributed by atoms with Gasteiger partial charge >= 0.3 is 11.9 Å². The summed E-state index contributed by atoms with van der Waals surface area (Å²) in [5.74, 6) is 0.916. The number of esters is 2. The molecule has 40 heavy (non-hydrogen) atoms. The summed E-state index contributed by atoms with van der Waals surface area (Å²) in [6.07, 6.45) is -2.93. The van der Waals surface area contributed by atoms with E-state index in [1.807, 2.05) is 6.07 Å². The van der Waals surface area contributed by atoms with Crippen molar-refractivity contribution in [1.82, 2.24) is 0 Å². The Bertz CT molecular complexity index is 1530. The Morgan fingerprint density at radius 1 is 1.02 bits per heavy atom. The maximum absolute atomic E-state index is 13.2. The van der Waals surface area contributed by atoms with E-state index >= 15 is 0 Å². The molecule has 2 N–H and O–H groups in total. The standard InChI is InChI=1S/C28H26O12/c1-13(29)36-10-28(32)11-37-27(25(28)30)40-24-16-8-20(34-3)19(33-2)7-15(16)22(23-17(24)9-35-26(23)31)14-4-5-18-21(6-14)39-12-38-18/h4-8,25,27,30,32H,9-12H2,1-3H3/t25-,27-,28-/m0/s1. The number of benzene rings is 3. The summed E-state index contributed by atoms with van der Waals surface area (Å²) in [6, 6.07) is 8.75. The largest absolute Gasteiger partial charge is 0.493 e. The Hall–Kier alpha value is -4.26. The molecular weight excluding hydrogens is 528 g/mol. The fourth-order valence-corrected chi connectivity index (χ4v) is 5.12. The number of aliphatic hydroxyl groups excluding tert-OH is 1. The summed E-state index contributed by atoms with van der Waals surface area (Å²) < 4.78 is 44.3. The van der Waals surface area contributed by atoms with Gasteiger partial charge in [0.15, 0.2) is 34.7 Å². The zero-order chi connectivity index (χ0) is 28.2. The van der Waals surface area contributed by atoms with Gasteiger partial charge in [-0.3, -0.25) is 4.79 Å². The van der Waals surface area contributed by atoms with Gasteiger partial charge in [0.25, 0.3) is 0 Å². The molecule has 0 amide bonds. The van der Waals surface area contributed by atoms with Gasteiger partial charge in [-0.25, -0.2) is 4.79 Å². The molecule has 3 atom stereocenters. The molecule has 12 nitrogen and oxygen atoms in total. The number of hydrogen-bond donors (Lipinski definition) is 2. The Kier molecular flexibility index (Phi) is 6.32. The highest BCUT2D eigenvalue weighted by Gasteiger charge is 2.51. The van der Waals surface area contributed by atoms with Crippen LogP contribution >= 0.6 is 0 Å². The van der Waals surface area contributed by atoms with Crippen molar-refractivity contribution in [3.63, 3.8) is 0 Å². The summed E-state index contributed by atoms with van der Waals surface area (Å²) in [5, 5.41) is 22.8. The van der Waals surface area contributed by atoms with E-state index in [4.69, 9.17) is 37.9 Å². The first-order chi connectivity index (χ1) is 19.2. The van der Waals surface area contributed by atoms with Crippen molar-refractivity contribution in [3.05, 3.63) is 41.5 Å². The summed E-state index contributed by atoms with van der Waals surface area (Å²) in [4.78, 5) is 24.4. The summed E-state index contributed by atoms with van der Waals surface area (Å²) in [5.41, 5.74) is 0.00357. The predicted molar refractivity (Wildman–Crippen MR) is 136 cm³/mol. The first-order valence-corrected chi connectivity index (χ1v) is 12.4. The molecule has 6 rings (SSSR count). The molecule has 3 heterocycles. The number of aliphatic hydroxyl groups is 2. The maximum Gasteiger partial charge on any atom is 0.339 e. The van der Waals surface area contributed by atoms with Crippen LogP contribution in [-0.2, 0) is 25.6 Å². The third-order valence-electron chi connectivity index (χ3n) is 7.14. The van der Waals surface area contributed by atoms with Gasteiger partial charge < -0.3 is 48.1 Å². The fourth-order valence-electron chi connectivity index (χ4n) is 5.12. The smallest absolute Gasteiger partial charge is 0.339 e. The van der Waals surface area contributed by atoms with E-state index in [9.17, 15) is 19.8 Å². The average Bonchev–Trinajstić information content (AvgIpc) is 3.65. The van der Waals surface area contributed by atoms with Crippen LogP contribution in [0.1, 0.15) is 22.8 Å². The van der Waals surface area contributed by atoms with Crippen molar-refractivity contribution in [3.8, 4) is 39.9 Å². The van der Waals surface area contributed by atoms with Crippen LogP contribution in [0.4, 0.5) is 0 Å². The quantitative estimate of drug-likeness (QED) is 0.413. The number of cyclic esters (lactones) is 1. The minimum absolute atomic E-state index is 0.0883. The van der Waals surface area contributed by atoms with Gasteiger partial charge in [0, 0.05) is 23.4 Å². The minimum atomic E-state index is -1.89. The van der Waals surface area contributed by atoms with Gasteiger partial charge in [-0.2, -0.15) is 0 Å². The monoisotopic (exact) mass is 554 g/mol. The van der Waals surface area contributed by atoms with Crippen LogP contribution in [0, 0.1) is 0 Å². The second-order valence-electron chi connectivity index (χ2n) is 9.58. The van der Waals surface area contributed by atoms with Crippen molar-refractivity contribution >= 4 is 22.7 Å². The molecule has 0 spiro atoms. The molecule has 3 aliphatic rings. The lowest BCUT2D eigenvalue weighted by Gasteiger charge is -2.26.